The van der Waals surface area contributed by atoms with Gasteiger partial charge in [-0.25, -0.2) is 4.39 Å². The number of imidazole rings is 1. The molecule has 1 saturated heterocycles. The highest BCUT2D eigenvalue weighted by Gasteiger charge is 2.22. The van der Waals surface area contributed by atoms with Crippen molar-refractivity contribution >= 4 is 34.9 Å². The minimum atomic E-state index is -0.412. The smallest absolute Gasteiger partial charge is 0.178 e. The van der Waals surface area contributed by atoms with Gasteiger partial charge in [0.05, 0.1) is 16.1 Å². The Morgan fingerprint density at radius 2 is 2.10 bits per heavy atom. The highest BCUT2D eigenvalue weighted by molar-refractivity contribution is 7.71. The standard InChI is InChI=1S/C15H19ClFN3S/c1-2-5-19-6-3-10(4-7-19)20-14-8-11(16)12(17)9-13(14)18-15(20)21/h8-10H,2-7H2,1H3,(H,18,21). The molecular formula is C15H19ClFN3S. The molecule has 0 bridgehead atoms. The van der Waals surface area contributed by atoms with Crippen molar-refractivity contribution in [3.8, 4) is 0 Å². The Morgan fingerprint density at radius 1 is 1.38 bits per heavy atom. The number of likely N-dealkylation sites (tertiary alicyclic amines) is 1. The molecule has 0 unspecified atom stereocenters. The Bertz CT molecular complexity index is 701. The van der Waals surface area contributed by atoms with Crippen molar-refractivity contribution in [3.05, 3.63) is 27.7 Å². The van der Waals surface area contributed by atoms with Gasteiger partial charge in [0.1, 0.15) is 5.82 Å². The van der Waals surface area contributed by atoms with Crippen LogP contribution < -0.4 is 0 Å². The van der Waals surface area contributed by atoms with Crippen molar-refractivity contribution in [1.82, 2.24) is 14.5 Å². The molecule has 0 atom stereocenters. The molecule has 0 aliphatic carbocycles. The van der Waals surface area contributed by atoms with Gasteiger partial charge in [0.2, 0.25) is 0 Å². The molecule has 1 aliphatic rings. The Labute approximate surface area is 133 Å². The summed E-state index contributed by atoms with van der Waals surface area (Å²) >= 11 is 11.4. The maximum atomic E-state index is 13.6. The van der Waals surface area contributed by atoms with E-state index in [0.29, 0.717) is 10.8 Å². The van der Waals surface area contributed by atoms with E-state index < -0.39 is 5.82 Å². The number of hydrogen-bond donors (Lipinski definition) is 1. The van der Waals surface area contributed by atoms with Crippen LogP contribution in [-0.2, 0) is 0 Å². The maximum Gasteiger partial charge on any atom is 0.178 e. The largest absolute Gasteiger partial charge is 0.330 e. The number of aromatic nitrogens is 2. The number of aromatic amines is 1. The first-order valence-electron chi connectivity index (χ1n) is 7.41. The molecule has 0 radical (unpaired) electrons. The summed E-state index contributed by atoms with van der Waals surface area (Å²) in [7, 11) is 0. The van der Waals surface area contributed by atoms with Crippen LogP contribution in [-0.4, -0.2) is 34.1 Å². The quantitative estimate of drug-likeness (QED) is 0.837. The minimum absolute atomic E-state index is 0.147. The SMILES string of the molecule is CCCN1CCC(n2c(=S)[nH]c3cc(F)c(Cl)cc32)CC1. The van der Waals surface area contributed by atoms with Crippen molar-refractivity contribution in [1.29, 1.82) is 0 Å². The fraction of sp³-hybridized carbons (Fsp3) is 0.533. The summed E-state index contributed by atoms with van der Waals surface area (Å²) in [4.78, 5) is 5.58. The zero-order chi connectivity index (χ0) is 15.0. The summed E-state index contributed by atoms with van der Waals surface area (Å²) in [5.74, 6) is -0.412. The first kappa shape index (κ1) is 15.0. The molecule has 0 spiro atoms. The summed E-state index contributed by atoms with van der Waals surface area (Å²) in [6.45, 7) is 5.53. The maximum absolute atomic E-state index is 13.6. The normalized spacial score (nSPS) is 17.7. The minimum Gasteiger partial charge on any atom is -0.330 e. The lowest BCUT2D eigenvalue weighted by Gasteiger charge is -2.32. The van der Waals surface area contributed by atoms with E-state index in [2.05, 4.69) is 21.4 Å². The first-order chi connectivity index (χ1) is 10.1. The lowest BCUT2D eigenvalue weighted by Crippen LogP contribution is -2.35. The number of H-pyrrole nitrogens is 1. The zero-order valence-electron chi connectivity index (χ0n) is 12.0. The number of nitrogens with one attached hydrogen (secondary N) is 1. The predicted octanol–water partition coefficient (Wildman–Crippen LogP) is 4.54. The number of hydrogen-bond acceptors (Lipinski definition) is 2. The van der Waals surface area contributed by atoms with E-state index in [9.17, 15) is 4.39 Å². The average molecular weight is 328 g/mol. The Morgan fingerprint density at radius 3 is 2.76 bits per heavy atom. The van der Waals surface area contributed by atoms with Gasteiger partial charge < -0.3 is 14.5 Å². The Hall–Kier alpha value is -0.910. The molecule has 1 N–H and O–H groups in total. The number of nitrogens with zero attached hydrogens (tertiary/aromatic N) is 2. The van der Waals surface area contributed by atoms with E-state index in [1.54, 1.807) is 6.07 Å². The summed E-state index contributed by atoms with van der Waals surface area (Å²) in [5, 5.41) is 0.147. The fourth-order valence-electron chi connectivity index (χ4n) is 3.20. The third kappa shape index (κ3) is 2.87. The molecular weight excluding hydrogens is 309 g/mol. The van der Waals surface area contributed by atoms with Crippen LogP contribution in [0.4, 0.5) is 4.39 Å². The van der Waals surface area contributed by atoms with Gasteiger partial charge in [-0.15, -0.1) is 0 Å². The molecule has 1 aromatic carbocycles. The molecule has 0 saturated carbocycles. The van der Waals surface area contributed by atoms with Crippen molar-refractivity contribution in [2.75, 3.05) is 19.6 Å². The van der Waals surface area contributed by atoms with Crippen molar-refractivity contribution in [2.45, 2.75) is 32.2 Å². The monoisotopic (exact) mass is 327 g/mol. The van der Waals surface area contributed by atoms with Gasteiger partial charge in [-0.05, 0) is 44.1 Å². The molecule has 3 nitrogen and oxygen atoms in total. The Kier molecular flexibility index (Phi) is 4.33. The van der Waals surface area contributed by atoms with E-state index in [1.807, 2.05) is 0 Å². The second-order valence-electron chi connectivity index (χ2n) is 5.66. The van der Waals surface area contributed by atoms with Crippen LogP contribution in [0.15, 0.2) is 12.1 Å². The van der Waals surface area contributed by atoms with Crippen LogP contribution in [0.1, 0.15) is 32.2 Å². The molecule has 1 fully saturated rings. The molecule has 114 valence electrons. The van der Waals surface area contributed by atoms with Crippen LogP contribution >= 0.6 is 23.8 Å². The van der Waals surface area contributed by atoms with Gasteiger partial charge in [-0.1, -0.05) is 18.5 Å². The second-order valence-corrected chi connectivity index (χ2v) is 6.45. The number of fused-ring (bicyclic) bond motifs is 1. The third-order valence-corrected chi connectivity index (χ3v) is 4.81. The van der Waals surface area contributed by atoms with Crippen LogP contribution in [0.2, 0.25) is 5.02 Å². The lowest BCUT2D eigenvalue weighted by molar-refractivity contribution is 0.188. The predicted molar refractivity (Wildman–Crippen MR) is 87.1 cm³/mol. The molecule has 3 rings (SSSR count). The second kappa shape index (κ2) is 6.07. The van der Waals surface area contributed by atoms with E-state index in [0.717, 1.165) is 43.5 Å². The summed E-state index contributed by atoms with van der Waals surface area (Å²) in [5.41, 5.74) is 1.62. The average Bonchev–Trinajstić information content (AvgIpc) is 2.76. The van der Waals surface area contributed by atoms with E-state index >= 15 is 0 Å². The van der Waals surface area contributed by atoms with Crippen LogP contribution in [0.25, 0.3) is 11.0 Å². The van der Waals surface area contributed by atoms with E-state index in [1.165, 1.54) is 12.5 Å². The zero-order valence-corrected chi connectivity index (χ0v) is 13.6. The molecule has 1 aliphatic heterocycles. The number of rotatable bonds is 3. The van der Waals surface area contributed by atoms with Gasteiger partial charge in [0.15, 0.2) is 4.77 Å². The summed E-state index contributed by atoms with van der Waals surface area (Å²) in [6, 6.07) is 3.47. The van der Waals surface area contributed by atoms with E-state index in [4.69, 9.17) is 23.8 Å². The van der Waals surface area contributed by atoms with Crippen LogP contribution in [0.5, 0.6) is 0 Å². The fourth-order valence-corrected chi connectivity index (χ4v) is 3.72. The van der Waals surface area contributed by atoms with Gasteiger partial charge in [-0.2, -0.15) is 0 Å². The van der Waals surface area contributed by atoms with Crippen LogP contribution in [0, 0.1) is 10.6 Å². The first-order valence-corrected chi connectivity index (χ1v) is 8.20. The van der Waals surface area contributed by atoms with Crippen molar-refractivity contribution in [2.24, 2.45) is 0 Å². The molecule has 2 heterocycles. The lowest BCUT2D eigenvalue weighted by atomic mass is 10.0. The number of piperidine rings is 1. The molecule has 0 amide bonds. The van der Waals surface area contributed by atoms with E-state index in [-0.39, 0.29) is 5.02 Å². The van der Waals surface area contributed by atoms with Crippen LogP contribution in [0.3, 0.4) is 0 Å². The molecule has 6 heteroatoms. The summed E-state index contributed by atoms with van der Waals surface area (Å²) < 4.78 is 16.3. The Balaban J connectivity index is 1.92. The van der Waals surface area contributed by atoms with Gasteiger partial charge >= 0.3 is 0 Å². The van der Waals surface area contributed by atoms with Gasteiger partial charge in [0, 0.05) is 25.2 Å². The van der Waals surface area contributed by atoms with Gasteiger partial charge in [-0.3, -0.25) is 0 Å². The highest BCUT2D eigenvalue weighted by atomic mass is 35.5. The molecule has 21 heavy (non-hydrogen) atoms. The van der Waals surface area contributed by atoms with Crippen molar-refractivity contribution < 1.29 is 4.39 Å². The summed E-state index contributed by atoms with van der Waals surface area (Å²) in [6.07, 6.45) is 3.32. The number of benzene rings is 1. The third-order valence-electron chi connectivity index (χ3n) is 4.22. The van der Waals surface area contributed by atoms with Gasteiger partial charge in [0.25, 0.3) is 0 Å². The molecule has 2 aromatic rings. The van der Waals surface area contributed by atoms with Crippen molar-refractivity contribution in [3.63, 3.8) is 0 Å². The number of halogens is 2. The highest BCUT2D eigenvalue weighted by Crippen LogP contribution is 2.30. The topological polar surface area (TPSA) is 24.0 Å². The molecule has 1 aromatic heterocycles.